The number of hydrogen-bond donors (Lipinski definition) is 2. The van der Waals surface area contributed by atoms with Crippen LogP contribution in [0.3, 0.4) is 0 Å². The number of aromatic amines is 1. The Morgan fingerprint density at radius 3 is 2.61 bits per heavy atom. The Morgan fingerprint density at radius 2 is 1.93 bits per heavy atom. The lowest BCUT2D eigenvalue weighted by atomic mass is 10.0. The van der Waals surface area contributed by atoms with E-state index in [0.717, 1.165) is 22.5 Å². The predicted molar refractivity (Wildman–Crippen MR) is 109 cm³/mol. The van der Waals surface area contributed by atoms with Crippen LogP contribution in [0.1, 0.15) is 41.6 Å². The Kier molecular flexibility index (Phi) is 4.69. The quantitative estimate of drug-likeness (QED) is 0.551. The van der Waals surface area contributed by atoms with Crippen LogP contribution in [0.5, 0.6) is 0 Å². The first kappa shape index (κ1) is 18.0. The molecule has 4 aromatic rings. The van der Waals surface area contributed by atoms with Gasteiger partial charge in [0.15, 0.2) is 0 Å². The van der Waals surface area contributed by atoms with Gasteiger partial charge in [-0.05, 0) is 54.8 Å². The Labute approximate surface area is 163 Å². The number of amides is 1. The van der Waals surface area contributed by atoms with Gasteiger partial charge < -0.3 is 14.9 Å². The molecule has 0 spiro atoms. The molecule has 2 aromatic carbocycles. The van der Waals surface area contributed by atoms with E-state index >= 15 is 0 Å². The molecule has 2 heterocycles. The van der Waals surface area contributed by atoms with Gasteiger partial charge in [-0.2, -0.15) is 0 Å². The molecule has 0 saturated carbocycles. The third-order valence-electron chi connectivity index (χ3n) is 4.84. The molecule has 0 saturated heterocycles. The van der Waals surface area contributed by atoms with E-state index in [0.29, 0.717) is 5.56 Å². The molecule has 6 heteroatoms. The highest BCUT2D eigenvalue weighted by Crippen LogP contribution is 2.23. The van der Waals surface area contributed by atoms with Crippen molar-refractivity contribution in [2.24, 2.45) is 5.92 Å². The van der Waals surface area contributed by atoms with Crippen LogP contribution >= 0.6 is 0 Å². The SMILES string of the molecule is Cc1ccc2nc([C@H](NC(=O)c3ccc(-n4ccnc4)cc3)C(C)C)[nH]c2c1. The summed E-state index contributed by atoms with van der Waals surface area (Å²) >= 11 is 0. The molecule has 142 valence electrons. The highest BCUT2D eigenvalue weighted by molar-refractivity contribution is 5.94. The van der Waals surface area contributed by atoms with Crippen molar-refractivity contribution >= 4 is 16.9 Å². The predicted octanol–water partition coefficient (Wildman–Crippen LogP) is 4.18. The number of H-pyrrole nitrogens is 1. The lowest BCUT2D eigenvalue weighted by Crippen LogP contribution is -2.32. The number of rotatable bonds is 5. The van der Waals surface area contributed by atoms with Gasteiger partial charge in [0.2, 0.25) is 0 Å². The van der Waals surface area contributed by atoms with E-state index in [1.807, 2.05) is 47.2 Å². The molecule has 1 amide bonds. The molecule has 4 rings (SSSR count). The van der Waals surface area contributed by atoms with Crippen molar-refractivity contribution in [3.8, 4) is 5.69 Å². The first-order valence-corrected chi connectivity index (χ1v) is 9.37. The van der Waals surface area contributed by atoms with Crippen molar-refractivity contribution < 1.29 is 4.79 Å². The van der Waals surface area contributed by atoms with Gasteiger partial charge >= 0.3 is 0 Å². The van der Waals surface area contributed by atoms with E-state index in [2.05, 4.69) is 47.1 Å². The molecule has 0 aliphatic heterocycles. The number of aromatic nitrogens is 4. The second-order valence-corrected chi connectivity index (χ2v) is 7.35. The first-order valence-electron chi connectivity index (χ1n) is 9.37. The van der Waals surface area contributed by atoms with Gasteiger partial charge in [0.05, 0.1) is 23.4 Å². The van der Waals surface area contributed by atoms with Crippen molar-refractivity contribution in [2.45, 2.75) is 26.8 Å². The van der Waals surface area contributed by atoms with Crippen molar-refractivity contribution in [3.63, 3.8) is 0 Å². The van der Waals surface area contributed by atoms with Crippen molar-refractivity contribution in [3.05, 3.63) is 78.1 Å². The van der Waals surface area contributed by atoms with E-state index in [1.54, 1.807) is 12.5 Å². The van der Waals surface area contributed by atoms with E-state index in [4.69, 9.17) is 0 Å². The van der Waals surface area contributed by atoms with Gasteiger partial charge in [-0.1, -0.05) is 19.9 Å². The lowest BCUT2D eigenvalue weighted by molar-refractivity contribution is 0.0923. The summed E-state index contributed by atoms with van der Waals surface area (Å²) in [5.41, 5.74) is 4.64. The van der Waals surface area contributed by atoms with Gasteiger partial charge in [-0.25, -0.2) is 9.97 Å². The maximum absolute atomic E-state index is 12.8. The molecule has 0 radical (unpaired) electrons. The molecule has 2 aromatic heterocycles. The van der Waals surface area contributed by atoms with Crippen LogP contribution in [0, 0.1) is 12.8 Å². The number of hydrogen-bond acceptors (Lipinski definition) is 3. The summed E-state index contributed by atoms with van der Waals surface area (Å²) < 4.78 is 1.90. The summed E-state index contributed by atoms with van der Waals surface area (Å²) in [5, 5.41) is 3.13. The highest BCUT2D eigenvalue weighted by Gasteiger charge is 2.22. The highest BCUT2D eigenvalue weighted by atomic mass is 16.1. The summed E-state index contributed by atoms with van der Waals surface area (Å²) in [6.45, 7) is 6.20. The number of fused-ring (bicyclic) bond motifs is 1. The number of carbonyl (C=O) groups is 1. The van der Waals surface area contributed by atoms with Crippen LogP contribution in [0.25, 0.3) is 16.7 Å². The number of benzene rings is 2. The van der Waals surface area contributed by atoms with E-state index in [1.165, 1.54) is 5.56 Å². The van der Waals surface area contributed by atoms with Crippen LogP contribution in [0.15, 0.2) is 61.2 Å². The molecular formula is C22H23N5O. The standard InChI is InChI=1S/C22H23N5O/c1-14(2)20(21-24-18-9-4-15(3)12-19(18)25-21)26-22(28)16-5-7-17(8-6-16)27-11-10-23-13-27/h4-14,20H,1-3H3,(H,24,25)(H,26,28)/t20-/m1/s1. The van der Waals surface area contributed by atoms with E-state index in [9.17, 15) is 4.79 Å². The normalized spacial score (nSPS) is 12.4. The third kappa shape index (κ3) is 3.53. The molecule has 1 atom stereocenters. The summed E-state index contributed by atoms with van der Waals surface area (Å²) in [4.78, 5) is 24.9. The van der Waals surface area contributed by atoms with Crippen LogP contribution < -0.4 is 5.32 Å². The molecule has 28 heavy (non-hydrogen) atoms. The summed E-state index contributed by atoms with van der Waals surface area (Å²) in [6.07, 6.45) is 5.32. The first-order chi connectivity index (χ1) is 13.5. The monoisotopic (exact) mass is 373 g/mol. The molecule has 0 unspecified atom stereocenters. The van der Waals surface area contributed by atoms with Crippen molar-refractivity contribution in [1.82, 2.24) is 24.8 Å². The fourth-order valence-corrected chi connectivity index (χ4v) is 3.26. The second kappa shape index (κ2) is 7.31. The fraction of sp³-hybridized carbons (Fsp3) is 0.227. The molecule has 2 N–H and O–H groups in total. The molecular weight excluding hydrogens is 350 g/mol. The number of nitrogens with zero attached hydrogens (tertiary/aromatic N) is 3. The number of carbonyl (C=O) groups excluding carboxylic acids is 1. The van der Waals surface area contributed by atoms with E-state index in [-0.39, 0.29) is 17.9 Å². The number of nitrogens with one attached hydrogen (secondary N) is 2. The van der Waals surface area contributed by atoms with Gasteiger partial charge in [-0.15, -0.1) is 0 Å². The van der Waals surface area contributed by atoms with Crippen LogP contribution in [-0.4, -0.2) is 25.4 Å². The van der Waals surface area contributed by atoms with Gasteiger partial charge in [-0.3, -0.25) is 4.79 Å². The maximum Gasteiger partial charge on any atom is 0.251 e. The summed E-state index contributed by atoms with van der Waals surface area (Å²) in [6, 6.07) is 13.4. The minimum atomic E-state index is -0.200. The molecule has 0 bridgehead atoms. The number of imidazole rings is 2. The zero-order valence-electron chi connectivity index (χ0n) is 16.2. The van der Waals surface area contributed by atoms with Crippen LogP contribution in [0.4, 0.5) is 0 Å². The summed E-state index contributed by atoms with van der Waals surface area (Å²) in [5.74, 6) is 0.849. The largest absolute Gasteiger partial charge is 0.342 e. The Bertz CT molecular complexity index is 1090. The molecule has 0 fully saturated rings. The number of aryl methyl sites for hydroxylation is 1. The average molecular weight is 373 g/mol. The van der Waals surface area contributed by atoms with Gasteiger partial charge in [0, 0.05) is 23.6 Å². The Morgan fingerprint density at radius 1 is 1.14 bits per heavy atom. The molecule has 6 nitrogen and oxygen atoms in total. The van der Waals surface area contributed by atoms with Crippen LogP contribution in [0.2, 0.25) is 0 Å². The van der Waals surface area contributed by atoms with Gasteiger partial charge in [0.1, 0.15) is 5.82 Å². The van der Waals surface area contributed by atoms with Gasteiger partial charge in [0.25, 0.3) is 5.91 Å². The minimum absolute atomic E-state index is 0.118. The topological polar surface area (TPSA) is 75.6 Å². The molecule has 0 aliphatic carbocycles. The van der Waals surface area contributed by atoms with Crippen molar-refractivity contribution in [2.75, 3.05) is 0 Å². The Balaban J connectivity index is 1.56. The second-order valence-electron chi connectivity index (χ2n) is 7.35. The minimum Gasteiger partial charge on any atom is -0.342 e. The van der Waals surface area contributed by atoms with Crippen molar-refractivity contribution in [1.29, 1.82) is 0 Å². The fourth-order valence-electron chi connectivity index (χ4n) is 3.26. The zero-order valence-corrected chi connectivity index (χ0v) is 16.2. The maximum atomic E-state index is 12.8. The van der Waals surface area contributed by atoms with Crippen LogP contribution in [-0.2, 0) is 0 Å². The Hall–Kier alpha value is -3.41. The smallest absolute Gasteiger partial charge is 0.251 e. The van der Waals surface area contributed by atoms with E-state index < -0.39 is 0 Å². The zero-order chi connectivity index (χ0) is 19.7. The summed E-state index contributed by atoms with van der Waals surface area (Å²) in [7, 11) is 0. The lowest BCUT2D eigenvalue weighted by Gasteiger charge is -2.20. The average Bonchev–Trinajstić information content (AvgIpc) is 3.35. The molecule has 0 aliphatic rings. The third-order valence-corrected chi connectivity index (χ3v) is 4.84.